The Morgan fingerprint density at radius 2 is 2.14 bits per heavy atom. The summed E-state index contributed by atoms with van der Waals surface area (Å²) >= 11 is 0. The molecule has 1 aromatic carbocycles. The molecule has 0 bridgehead atoms. The van der Waals surface area contributed by atoms with Crippen LogP contribution in [0, 0.1) is 0 Å². The van der Waals surface area contributed by atoms with Crippen molar-refractivity contribution in [1.29, 1.82) is 0 Å². The molecule has 0 amide bonds. The lowest BCUT2D eigenvalue weighted by molar-refractivity contribution is 0.163. The summed E-state index contributed by atoms with van der Waals surface area (Å²) in [7, 11) is -4.29. The standard InChI is InChI=1S/C14H15N3O4S/c18-14-4-6-17(8-10-3-5-15-9-16-10)13-2-1-11(7-12(13)14)22(19,20)21/h1-3,5,7,9,14,18H,4,6,8H2,(H,19,20,21). The number of fused-ring (bicyclic) bond motifs is 1. The molecule has 116 valence electrons. The van der Waals surface area contributed by atoms with Crippen LogP contribution in [0.4, 0.5) is 5.69 Å². The van der Waals surface area contributed by atoms with Crippen molar-refractivity contribution >= 4 is 15.8 Å². The Balaban J connectivity index is 1.97. The molecule has 1 atom stereocenters. The molecule has 2 heterocycles. The number of aliphatic hydroxyl groups is 1. The van der Waals surface area contributed by atoms with E-state index in [0.717, 1.165) is 11.4 Å². The third-order valence-electron chi connectivity index (χ3n) is 3.67. The van der Waals surface area contributed by atoms with Gasteiger partial charge in [0, 0.05) is 24.0 Å². The van der Waals surface area contributed by atoms with Crippen molar-refractivity contribution < 1.29 is 18.1 Å². The zero-order chi connectivity index (χ0) is 15.7. The summed E-state index contributed by atoms with van der Waals surface area (Å²) in [6.07, 6.45) is 2.85. The van der Waals surface area contributed by atoms with Gasteiger partial charge in [-0.3, -0.25) is 4.55 Å². The van der Waals surface area contributed by atoms with E-state index in [-0.39, 0.29) is 4.90 Å². The number of benzene rings is 1. The van der Waals surface area contributed by atoms with E-state index in [2.05, 4.69) is 9.97 Å². The van der Waals surface area contributed by atoms with Gasteiger partial charge in [0.1, 0.15) is 6.33 Å². The molecule has 1 aliphatic heterocycles. The zero-order valence-corrected chi connectivity index (χ0v) is 12.4. The van der Waals surface area contributed by atoms with E-state index in [0.29, 0.717) is 25.1 Å². The molecule has 1 aromatic heterocycles. The molecule has 2 N–H and O–H groups in total. The van der Waals surface area contributed by atoms with Crippen LogP contribution in [-0.4, -0.2) is 34.6 Å². The van der Waals surface area contributed by atoms with E-state index in [1.165, 1.54) is 18.5 Å². The maximum absolute atomic E-state index is 11.2. The smallest absolute Gasteiger partial charge is 0.294 e. The Morgan fingerprint density at radius 1 is 1.32 bits per heavy atom. The van der Waals surface area contributed by atoms with Crippen LogP contribution in [0.1, 0.15) is 23.8 Å². The maximum atomic E-state index is 11.2. The molecule has 1 unspecified atom stereocenters. The lowest BCUT2D eigenvalue weighted by atomic mass is 9.98. The average molecular weight is 321 g/mol. The lowest BCUT2D eigenvalue weighted by Crippen LogP contribution is -2.31. The second-order valence-electron chi connectivity index (χ2n) is 5.12. The van der Waals surface area contributed by atoms with E-state index < -0.39 is 16.2 Å². The molecule has 2 aromatic rings. The monoisotopic (exact) mass is 321 g/mol. The molecular weight excluding hydrogens is 306 g/mol. The van der Waals surface area contributed by atoms with Crippen LogP contribution in [0.25, 0.3) is 0 Å². The summed E-state index contributed by atoms with van der Waals surface area (Å²) < 4.78 is 31.6. The molecule has 0 saturated carbocycles. The number of aromatic nitrogens is 2. The predicted octanol–water partition coefficient (Wildman–Crippen LogP) is 1.17. The number of hydrogen-bond acceptors (Lipinski definition) is 6. The third-order valence-corrected chi connectivity index (χ3v) is 4.51. The van der Waals surface area contributed by atoms with Gasteiger partial charge in [0.15, 0.2) is 0 Å². The molecule has 3 rings (SSSR count). The van der Waals surface area contributed by atoms with Crippen molar-refractivity contribution in [1.82, 2.24) is 9.97 Å². The summed E-state index contributed by atoms with van der Waals surface area (Å²) in [6, 6.07) is 6.06. The highest BCUT2D eigenvalue weighted by Gasteiger charge is 2.25. The normalized spacial score (nSPS) is 18.1. The molecule has 0 aliphatic carbocycles. The zero-order valence-electron chi connectivity index (χ0n) is 11.6. The highest BCUT2D eigenvalue weighted by Crippen LogP contribution is 2.35. The largest absolute Gasteiger partial charge is 0.388 e. The van der Waals surface area contributed by atoms with Gasteiger partial charge in [-0.2, -0.15) is 8.42 Å². The number of rotatable bonds is 3. The Hall–Kier alpha value is -2.03. The van der Waals surface area contributed by atoms with Crippen LogP contribution in [-0.2, 0) is 16.7 Å². The molecular formula is C14H15N3O4S. The van der Waals surface area contributed by atoms with Gasteiger partial charge in [-0.05, 0) is 30.7 Å². The van der Waals surface area contributed by atoms with Crippen LogP contribution in [0.2, 0.25) is 0 Å². The number of hydrogen-bond donors (Lipinski definition) is 2. The summed E-state index contributed by atoms with van der Waals surface area (Å²) in [5.41, 5.74) is 2.07. The predicted molar refractivity (Wildman–Crippen MR) is 78.9 cm³/mol. The van der Waals surface area contributed by atoms with Gasteiger partial charge < -0.3 is 10.0 Å². The molecule has 22 heavy (non-hydrogen) atoms. The summed E-state index contributed by atoms with van der Waals surface area (Å²) in [4.78, 5) is 9.84. The van der Waals surface area contributed by atoms with Gasteiger partial charge >= 0.3 is 0 Å². The maximum Gasteiger partial charge on any atom is 0.294 e. The van der Waals surface area contributed by atoms with Gasteiger partial charge in [0.05, 0.1) is 23.2 Å². The minimum Gasteiger partial charge on any atom is -0.388 e. The van der Waals surface area contributed by atoms with Crippen LogP contribution in [0.15, 0.2) is 41.7 Å². The van der Waals surface area contributed by atoms with E-state index in [1.54, 1.807) is 18.3 Å². The van der Waals surface area contributed by atoms with Crippen molar-refractivity contribution in [2.75, 3.05) is 11.4 Å². The minimum atomic E-state index is -4.29. The van der Waals surface area contributed by atoms with Crippen molar-refractivity contribution in [3.05, 3.63) is 48.0 Å². The minimum absolute atomic E-state index is 0.214. The Bertz CT molecular complexity index is 780. The summed E-state index contributed by atoms with van der Waals surface area (Å²) in [5, 5.41) is 10.1. The second-order valence-corrected chi connectivity index (χ2v) is 6.54. The molecule has 0 spiro atoms. The Morgan fingerprint density at radius 3 is 2.82 bits per heavy atom. The number of aliphatic hydroxyl groups excluding tert-OH is 1. The van der Waals surface area contributed by atoms with Gasteiger partial charge in [-0.15, -0.1) is 0 Å². The van der Waals surface area contributed by atoms with Gasteiger partial charge in [0.2, 0.25) is 0 Å². The first kappa shape index (κ1) is 14.9. The fourth-order valence-electron chi connectivity index (χ4n) is 2.57. The fourth-order valence-corrected chi connectivity index (χ4v) is 3.09. The number of anilines is 1. The van der Waals surface area contributed by atoms with Gasteiger partial charge in [0.25, 0.3) is 10.1 Å². The Labute approximate surface area is 128 Å². The van der Waals surface area contributed by atoms with E-state index in [4.69, 9.17) is 4.55 Å². The SMILES string of the molecule is O=S(=O)(O)c1ccc2c(c1)C(O)CCN2Cc1ccncn1. The molecule has 0 fully saturated rings. The van der Waals surface area contributed by atoms with Crippen molar-refractivity contribution in [3.63, 3.8) is 0 Å². The highest BCUT2D eigenvalue weighted by molar-refractivity contribution is 7.85. The van der Waals surface area contributed by atoms with Gasteiger partial charge in [-0.1, -0.05) is 0 Å². The van der Waals surface area contributed by atoms with Crippen LogP contribution in [0.5, 0.6) is 0 Å². The first-order valence-electron chi connectivity index (χ1n) is 6.74. The second kappa shape index (κ2) is 5.64. The van der Waals surface area contributed by atoms with Crippen LogP contribution in [0.3, 0.4) is 0 Å². The highest BCUT2D eigenvalue weighted by atomic mass is 32.2. The summed E-state index contributed by atoms with van der Waals surface area (Å²) in [6.45, 7) is 1.16. The number of nitrogens with zero attached hydrogens (tertiary/aromatic N) is 3. The van der Waals surface area contributed by atoms with Crippen LogP contribution < -0.4 is 4.90 Å². The van der Waals surface area contributed by atoms with Gasteiger partial charge in [-0.25, -0.2) is 9.97 Å². The van der Waals surface area contributed by atoms with Crippen LogP contribution >= 0.6 is 0 Å². The van der Waals surface area contributed by atoms with Crippen molar-refractivity contribution in [2.24, 2.45) is 0 Å². The van der Waals surface area contributed by atoms with Crippen molar-refractivity contribution in [2.45, 2.75) is 24.0 Å². The first-order valence-corrected chi connectivity index (χ1v) is 8.18. The molecule has 0 radical (unpaired) electrons. The first-order chi connectivity index (χ1) is 10.4. The molecule has 7 nitrogen and oxygen atoms in total. The fraction of sp³-hybridized carbons (Fsp3) is 0.286. The lowest BCUT2D eigenvalue weighted by Gasteiger charge is -2.33. The topological polar surface area (TPSA) is 104 Å². The third kappa shape index (κ3) is 2.94. The molecule has 1 aliphatic rings. The summed E-state index contributed by atoms with van der Waals surface area (Å²) in [5.74, 6) is 0. The van der Waals surface area contributed by atoms with E-state index >= 15 is 0 Å². The van der Waals surface area contributed by atoms with E-state index in [1.807, 2.05) is 4.90 Å². The average Bonchev–Trinajstić information content (AvgIpc) is 2.50. The molecule has 0 saturated heterocycles. The Kier molecular flexibility index (Phi) is 3.81. The van der Waals surface area contributed by atoms with Crippen molar-refractivity contribution in [3.8, 4) is 0 Å². The van der Waals surface area contributed by atoms with E-state index in [9.17, 15) is 13.5 Å². The quantitative estimate of drug-likeness (QED) is 0.818. The molecule has 8 heteroatoms.